The van der Waals surface area contributed by atoms with Gasteiger partial charge in [-0.25, -0.2) is 0 Å². The van der Waals surface area contributed by atoms with Gasteiger partial charge in [-0.1, -0.05) is 50.6 Å². The minimum atomic E-state index is 0.243. The molecular weight excluding hydrogens is 260 g/mol. The molecule has 0 radical (unpaired) electrons. The Bertz CT molecular complexity index is 432. The number of hydrogen-bond donors (Lipinski definition) is 1. The number of carbonyl (C=O) groups excluding carboxylic acids is 1. The van der Waals surface area contributed by atoms with Crippen LogP contribution in [-0.4, -0.2) is 30.4 Å². The molecule has 0 bridgehead atoms. The Hall–Kier alpha value is -1.35. The summed E-state index contributed by atoms with van der Waals surface area (Å²) in [5.41, 5.74) is 1.28. The van der Waals surface area contributed by atoms with Crippen molar-refractivity contribution in [3.63, 3.8) is 0 Å². The van der Waals surface area contributed by atoms with Crippen LogP contribution in [-0.2, 0) is 4.79 Å². The first-order chi connectivity index (χ1) is 10.2. The highest BCUT2D eigenvalue weighted by molar-refractivity contribution is 5.78. The molecular formula is C18H28N2O. The lowest BCUT2D eigenvalue weighted by molar-refractivity contribution is -0.128. The summed E-state index contributed by atoms with van der Waals surface area (Å²) >= 11 is 0. The Morgan fingerprint density at radius 1 is 1.29 bits per heavy atom. The molecule has 1 fully saturated rings. The van der Waals surface area contributed by atoms with Gasteiger partial charge < -0.3 is 10.2 Å². The molecule has 1 amide bonds. The Balaban J connectivity index is 1.98. The van der Waals surface area contributed by atoms with Crippen LogP contribution in [0.15, 0.2) is 30.3 Å². The van der Waals surface area contributed by atoms with E-state index in [9.17, 15) is 4.79 Å². The van der Waals surface area contributed by atoms with Gasteiger partial charge in [0.05, 0.1) is 0 Å². The van der Waals surface area contributed by atoms with Crippen molar-refractivity contribution < 1.29 is 4.79 Å². The van der Waals surface area contributed by atoms with Gasteiger partial charge >= 0.3 is 0 Å². The normalized spacial score (nSPS) is 18.0. The second-order valence-electron chi connectivity index (χ2n) is 6.21. The molecule has 1 heterocycles. The summed E-state index contributed by atoms with van der Waals surface area (Å²) in [6.07, 6.45) is 4.20. The van der Waals surface area contributed by atoms with Gasteiger partial charge in [-0.3, -0.25) is 4.79 Å². The van der Waals surface area contributed by atoms with Crippen LogP contribution in [0, 0.1) is 5.92 Å². The number of benzene rings is 1. The maximum absolute atomic E-state index is 11.9. The molecule has 1 aromatic carbocycles. The van der Waals surface area contributed by atoms with Crippen LogP contribution >= 0.6 is 0 Å². The molecule has 3 nitrogen and oxygen atoms in total. The molecule has 1 aliphatic rings. The predicted molar refractivity (Wildman–Crippen MR) is 87.1 cm³/mol. The zero-order chi connectivity index (χ0) is 15.1. The van der Waals surface area contributed by atoms with E-state index in [0.717, 1.165) is 26.1 Å². The van der Waals surface area contributed by atoms with E-state index in [0.29, 0.717) is 18.2 Å². The van der Waals surface area contributed by atoms with Crippen LogP contribution in [0.4, 0.5) is 0 Å². The lowest BCUT2D eigenvalue weighted by Crippen LogP contribution is -2.37. The van der Waals surface area contributed by atoms with Gasteiger partial charge in [0, 0.05) is 25.6 Å². The molecule has 0 unspecified atom stereocenters. The average Bonchev–Trinajstić information content (AvgIpc) is 2.90. The second kappa shape index (κ2) is 8.18. The zero-order valence-corrected chi connectivity index (χ0v) is 13.3. The molecule has 3 heteroatoms. The Morgan fingerprint density at radius 3 is 2.67 bits per heavy atom. The topological polar surface area (TPSA) is 32.3 Å². The third-order valence-electron chi connectivity index (χ3n) is 4.27. The van der Waals surface area contributed by atoms with E-state index in [-0.39, 0.29) is 6.04 Å². The quantitative estimate of drug-likeness (QED) is 0.795. The van der Waals surface area contributed by atoms with E-state index in [1.165, 1.54) is 18.4 Å². The molecule has 1 aromatic rings. The first kappa shape index (κ1) is 16.0. The van der Waals surface area contributed by atoms with Crippen LogP contribution in [0.3, 0.4) is 0 Å². The highest BCUT2D eigenvalue weighted by atomic mass is 16.2. The molecule has 116 valence electrons. The van der Waals surface area contributed by atoms with Crippen LogP contribution in [0.2, 0.25) is 0 Å². The van der Waals surface area contributed by atoms with Crippen LogP contribution in [0.5, 0.6) is 0 Å². The van der Waals surface area contributed by atoms with E-state index in [2.05, 4.69) is 43.4 Å². The first-order valence-electron chi connectivity index (χ1n) is 8.26. The van der Waals surface area contributed by atoms with Crippen molar-refractivity contribution in [2.45, 2.75) is 45.6 Å². The highest BCUT2D eigenvalue weighted by Crippen LogP contribution is 2.19. The fourth-order valence-electron chi connectivity index (χ4n) is 3.03. The smallest absolute Gasteiger partial charge is 0.222 e. The van der Waals surface area contributed by atoms with Gasteiger partial charge in [0.25, 0.3) is 0 Å². The fraction of sp³-hybridized carbons (Fsp3) is 0.611. The maximum Gasteiger partial charge on any atom is 0.222 e. The highest BCUT2D eigenvalue weighted by Gasteiger charge is 2.24. The number of amides is 1. The molecule has 21 heavy (non-hydrogen) atoms. The summed E-state index contributed by atoms with van der Waals surface area (Å²) in [5.74, 6) is 0.981. The van der Waals surface area contributed by atoms with Crippen molar-refractivity contribution >= 4 is 5.91 Å². The van der Waals surface area contributed by atoms with Crippen molar-refractivity contribution in [1.82, 2.24) is 10.2 Å². The molecule has 2 rings (SSSR count). The molecule has 1 aliphatic heterocycles. The largest absolute Gasteiger partial charge is 0.341 e. The summed E-state index contributed by atoms with van der Waals surface area (Å²) in [6, 6.07) is 10.7. The van der Waals surface area contributed by atoms with Gasteiger partial charge in [-0.05, 0) is 30.9 Å². The molecule has 0 saturated carbocycles. The van der Waals surface area contributed by atoms with Crippen LogP contribution in [0.25, 0.3) is 0 Å². The lowest BCUT2D eigenvalue weighted by atomic mass is 10.0. The molecule has 1 saturated heterocycles. The zero-order valence-electron chi connectivity index (χ0n) is 13.3. The Morgan fingerprint density at radius 2 is 2.05 bits per heavy atom. The Kier molecular flexibility index (Phi) is 6.24. The van der Waals surface area contributed by atoms with Crippen molar-refractivity contribution in [1.29, 1.82) is 0 Å². The molecule has 0 spiro atoms. The summed E-state index contributed by atoms with van der Waals surface area (Å²) in [5, 5.41) is 3.67. The van der Waals surface area contributed by atoms with Crippen LogP contribution in [0.1, 0.15) is 51.1 Å². The van der Waals surface area contributed by atoms with E-state index in [1.54, 1.807) is 0 Å². The summed E-state index contributed by atoms with van der Waals surface area (Å²) in [7, 11) is 0. The van der Waals surface area contributed by atoms with Crippen molar-refractivity contribution in [2.24, 2.45) is 5.92 Å². The first-order valence-corrected chi connectivity index (χ1v) is 8.26. The van der Waals surface area contributed by atoms with E-state index in [1.807, 2.05) is 11.0 Å². The van der Waals surface area contributed by atoms with E-state index < -0.39 is 0 Å². The summed E-state index contributed by atoms with van der Waals surface area (Å²) < 4.78 is 0. The third kappa shape index (κ3) is 4.85. The van der Waals surface area contributed by atoms with Crippen molar-refractivity contribution in [3.05, 3.63) is 35.9 Å². The third-order valence-corrected chi connectivity index (χ3v) is 4.27. The molecule has 0 aromatic heterocycles. The minimum absolute atomic E-state index is 0.243. The number of rotatable bonds is 8. The fourth-order valence-corrected chi connectivity index (χ4v) is 3.03. The standard InChI is InChI=1S/C18H28N2O/c1-3-8-15(2)13-19-17(16-9-5-4-6-10-16)14-20-12-7-11-18(20)21/h4-6,9-10,15,17,19H,3,7-8,11-14H2,1-2H3/t15-,17+/m1/s1. The average molecular weight is 288 g/mol. The molecule has 2 atom stereocenters. The minimum Gasteiger partial charge on any atom is -0.341 e. The number of nitrogens with zero attached hydrogens (tertiary/aromatic N) is 1. The van der Waals surface area contributed by atoms with Gasteiger partial charge in [0.2, 0.25) is 5.91 Å². The number of hydrogen-bond acceptors (Lipinski definition) is 2. The number of nitrogens with one attached hydrogen (secondary N) is 1. The van der Waals surface area contributed by atoms with E-state index >= 15 is 0 Å². The van der Waals surface area contributed by atoms with Gasteiger partial charge in [0.15, 0.2) is 0 Å². The second-order valence-corrected chi connectivity index (χ2v) is 6.21. The van der Waals surface area contributed by atoms with Crippen LogP contribution < -0.4 is 5.32 Å². The summed E-state index contributed by atoms with van der Waals surface area (Å²) in [6.45, 7) is 7.24. The number of carbonyl (C=O) groups is 1. The molecule has 1 N–H and O–H groups in total. The lowest BCUT2D eigenvalue weighted by Gasteiger charge is -2.26. The maximum atomic E-state index is 11.9. The van der Waals surface area contributed by atoms with E-state index in [4.69, 9.17) is 0 Å². The SMILES string of the molecule is CCC[C@@H](C)CN[C@@H](CN1CCCC1=O)c1ccccc1. The van der Waals surface area contributed by atoms with Crippen molar-refractivity contribution in [3.8, 4) is 0 Å². The monoisotopic (exact) mass is 288 g/mol. The van der Waals surface area contributed by atoms with Gasteiger partial charge in [0.1, 0.15) is 0 Å². The predicted octanol–water partition coefficient (Wildman–Crippen LogP) is 3.38. The number of likely N-dealkylation sites (tertiary alicyclic amines) is 1. The van der Waals surface area contributed by atoms with Gasteiger partial charge in [-0.2, -0.15) is 0 Å². The molecule has 0 aliphatic carbocycles. The van der Waals surface area contributed by atoms with Crippen molar-refractivity contribution in [2.75, 3.05) is 19.6 Å². The Labute approximate surface area is 128 Å². The summed E-state index contributed by atoms with van der Waals surface area (Å²) in [4.78, 5) is 13.9. The van der Waals surface area contributed by atoms with Gasteiger partial charge in [-0.15, -0.1) is 0 Å².